The zero-order valence-electron chi connectivity index (χ0n) is 10.2. The van der Waals surface area contributed by atoms with E-state index in [1.807, 2.05) is 0 Å². The van der Waals surface area contributed by atoms with Crippen LogP contribution < -0.4 is 5.73 Å². The van der Waals surface area contributed by atoms with Gasteiger partial charge in [-0.2, -0.15) is 0 Å². The van der Waals surface area contributed by atoms with Crippen LogP contribution in [0.2, 0.25) is 5.02 Å². The van der Waals surface area contributed by atoms with Gasteiger partial charge in [-0.05, 0) is 24.3 Å². The van der Waals surface area contributed by atoms with Gasteiger partial charge >= 0.3 is 0 Å². The minimum atomic E-state index is -3.67. The number of aromatic amines is 1. The molecule has 5 nitrogen and oxygen atoms in total. The van der Waals surface area contributed by atoms with E-state index in [2.05, 4.69) is 9.97 Å². The molecule has 3 rings (SSSR count). The van der Waals surface area contributed by atoms with Gasteiger partial charge in [0, 0.05) is 23.5 Å². The lowest BCUT2D eigenvalue weighted by Crippen LogP contribution is -2.02. The molecule has 3 aromatic rings. The number of benzene rings is 1. The summed E-state index contributed by atoms with van der Waals surface area (Å²) in [6, 6.07) is 7.73. The third kappa shape index (κ3) is 2.03. The van der Waals surface area contributed by atoms with E-state index in [0.29, 0.717) is 21.7 Å². The summed E-state index contributed by atoms with van der Waals surface area (Å²) in [6.07, 6.45) is 2.86. The first kappa shape index (κ1) is 13.0. The van der Waals surface area contributed by atoms with Crippen LogP contribution in [0.1, 0.15) is 0 Å². The van der Waals surface area contributed by atoms with Crippen molar-refractivity contribution < 1.29 is 8.42 Å². The van der Waals surface area contributed by atoms with Gasteiger partial charge in [0.15, 0.2) is 0 Å². The van der Waals surface area contributed by atoms with E-state index < -0.39 is 9.84 Å². The Labute approximate surface area is 120 Å². The molecule has 0 unspecified atom stereocenters. The number of fused-ring (bicyclic) bond motifs is 1. The van der Waals surface area contributed by atoms with Crippen LogP contribution in [0.3, 0.4) is 0 Å². The van der Waals surface area contributed by atoms with Gasteiger partial charge in [0.2, 0.25) is 9.84 Å². The summed E-state index contributed by atoms with van der Waals surface area (Å²) in [6.45, 7) is 0. The summed E-state index contributed by atoms with van der Waals surface area (Å²) in [5, 5.41) is 0.834. The number of nitrogens with one attached hydrogen (secondary N) is 1. The lowest BCUT2D eigenvalue weighted by atomic mass is 10.3. The highest BCUT2D eigenvalue weighted by Gasteiger charge is 2.22. The quantitative estimate of drug-likeness (QED) is 0.712. The monoisotopic (exact) mass is 307 g/mol. The molecule has 3 N–H and O–H groups in total. The minimum Gasteiger partial charge on any atom is -0.399 e. The molecule has 0 aliphatic carbocycles. The maximum absolute atomic E-state index is 12.6. The molecule has 102 valence electrons. The molecule has 2 aromatic heterocycles. The average molecular weight is 308 g/mol. The number of hydrogen-bond donors (Lipinski definition) is 2. The molecule has 0 aliphatic rings. The van der Waals surface area contributed by atoms with Crippen LogP contribution in [0.4, 0.5) is 5.69 Å². The second-order valence-corrected chi connectivity index (χ2v) is 6.63. The van der Waals surface area contributed by atoms with Crippen molar-refractivity contribution in [3.8, 4) is 0 Å². The Kier molecular flexibility index (Phi) is 2.92. The van der Waals surface area contributed by atoms with Crippen LogP contribution in [0.25, 0.3) is 11.0 Å². The molecule has 0 spiro atoms. The minimum absolute atomic E-state index is 0.133. The van der Waals surface area contributed by atoms with E-state index in [4.69, 9.17) is 17.3 Å². The number of pyridine rings is 1. The van der Waals surface area contributed by atoms with Crippen LogP contribution in [-0.4, -0.2) is 18.4 Å². The summed E-state index contributed by atoms with van der Waals surface area (Å²) >= 11 is 5.88. The fourth-order valence-corrected chi connectivity index (χ4v) is 3.60. The number of anilines is 1. The zero-order chi connectivity index (χ0) is 14.3. The van der Waals surface area contributed by atoms with Gasteiger partial charge in [-0.25, -0.2) is 13.4 Å². The third-order valence-corrected chi connectivity index (χ3v) is 4.92. The van der Waals surface area contributed by atoms with Gasteiger partial charge < -0.3 is 10.7 Å². The van der Waals surface area contributed by atoms with Crippen LogP contribution in [-0.2, 0) is 9.84 Å². The smallest absolute Gasteiger partial charge is 0.208 e. The average Bonchev–Trinajstić information content (AvgIpc) is 2.82. The number of nitrogen functional groups attached to an aromatic ring is 1. The molecular weight excluding hydrogens is 298 g/mol. The predicted molar refractivity (Wildman–Crippen MR) is 77.4 cm³/mol. The Balaban J connectivity index is 2.26. The van der Waals surface area contributed by atoms with Crippen molar-refractivity contribution in [1.29, 1.82) is 0 Å². The second-order valence-electron chi connectivity index (χ2n) is 4.28. The molecule has 20 heavy (non-hydrogen) atoms. The van der Waals surface area contributed by atoms with Crippen LogP contribution >= 0.6 is 11.6 Å². The molecule has 0 fully saturated rings. The fraction of sp³-hybridized carbons (Fsp3) is 0. The SMILES string of the molecule is Nc1cccc(S(=O)(=O)c2c[nH]c3ncc(Cl)cc23)c1. The largest absolute Gasteiger partial charge is 0.399 e. The van der Waals surface area contributed by atoms with Gasteiger partial charge in [0.05, 0.1) is 14.8 Å². The number of halogens is 1. The van der Waals surface area contributed by atoms with Crippen molar-refractivity contribution in [1.82, 2.24) is 9.97 Å². The summed E-state index contributed by atoms with van der Waals surface area (Å²) in [4.78, 5) is 7.15. The van der Waals surface area contributed by atoms with Gasteiger partial charge in [0.25, 0.3) is 0 Å². The Bertz CT molecular complexity index is 903. The standard InChI is InChI=1S/C13H10ClN3O2S/c14-8-4-11-12(7-17-13(11)16-6-8)20(18,19)10-3-1-2-9(15)5-10/h1-7H,15H2,(H,16,17). The Morgan fingerprint density at radius 3 is 2.80 bits per heavy atom. The summed E-state index contributed by atoms with van der Waals surface area (Å²) in [5.74, 6) is 0. The maximum atomic E-state index is 12.6. The van der Waals surface area contributed by atoms with Gasteiger partial charge in [-0.3, -0.25) is 0 Å². The Morgan fingerprint density at radius 2 is 2.05 bits per heavy atom. The van der Waals surface area contributed by atoms with Crippen molar-refractivity contribution in [3.63, 3.8) is 0 Å². The summed E-state index contributed by atoms with van der Waals surface area (Å²) in [7, 11) is -3.67. The number of aromatic nitrogens is 2. The van der Waals surface area contributed by atoms with Crippen LogP contribution in [0, 0.1) is 0 Å². The topological polar surface area (TPSA) is 88.8 Å². The van der Waals surface area contributed by atoms with Crippen molar-refractivity contribution in [2.45, 2.75) is 9.79 Å². The first-order chi connectivity index (χ1) is 9.48. The number of rotatable bonds is 2. The lowest BCUT2D eigenvalue weighted by molar-refractivity contribution is 0.597. The fourth-order valence-electron chi connectivity index (χ4n) is 1.98. The molecule has 0 saturated heterocycles. The lowest BCUT2D eigenvalue weighted by Gasteiger charge is -2.04. The molecule has 0 aliphatic heterocycles. The first-order valence-electron chi connectivity index (χ1n) is 5.72. The van der Waals surface area contributed by atoms with Crippen molar-refractivity contribution in [2.24, 2.45) is 0 Å². The van der Waals surface area contributed by atoms with Gasteiger partial charge in [-0.15, -0.1) is 0 Å². The van der Waals surface area contributed by atoms with E-state index in [1.165, 1.54) is 24.5 Å². The molecule has 2 heterocycles. The number of H-pyrrole nitrogens is 1. The molecule has 1 aromatic carbocycles. The third-order valence-electron chi connectivity index (χ3n) is 2.92. The highest BCUT2D eigenvalue weighted by atomic mass is 35.5. The number of nitrogens with zero attached hydrogens (tertiary/aromatic N) is 1. The zero-order valence-corrected chi connectivity index (χ0v) is 11.7. The number of sulfone groups is 1. The van der Waals surface area contributed by atoms with E-state index in [1.54, 1.807) is 18.2 Å². The van der Waals surface area contributed by atoms with Crippen molar-refractivity contribution >= 4 is 38.2 Å². The van der Waals surface area contributed by atoms with Gasteiger partial charge in [-0.1, -0.05) is 17.7 Å². The summed E-state index contributed by atoms with van der Waals surface area (Å²) in [5.41, 5.74) is 6.50. The highest BCUT2D eigenvalue weighted by molar-refractivity contribution is 7.91. The Hall–Kier alpha value is -2.05. The molecule has 7 heteroatoms. The normalized spacial score (nSPS) is 11.8. The molecule has 0 atom stereocenters. The van der Waals surface area contributed by atoms with Crippen molar-refractivity contribution in [3.05, 3.63) is 47.7 Å². The maximum Gasteiger partial charge on any atom is 0.208 e. The highest BCUT2D eigenvalue weighted by Crippen LogP contribution is 2.29. The van der Waals surface area contributed by atoms with E-state index in [-0.39, 0.29) is 9.79 Å². The van der Waals surface area contributed by atoms with E-state index in [0.717, 1.165) is 0 Å². The second kappa shape index (κ2) is 4.50. The van der Waals surface area contributed by atoms with Crippen LogP contribution in [0.5, 0.6) is 0 Å². The van der Waals surface area contributed by atoms with E-state index >= 15 is 0 Å². The molecular formula is C13H10ClN3O2S. The number of nitrogens with two attached hydrogens (primary N) is 1. The number of hydrogen-bond acceptors (Lipinski definition) is 4. The molecule has 0 saturated carbocycles. The first-order valence-corrected chi connectivity index (χ1v) is 7.58. The summed E-state index contributed by atoms with van der Waals surface area (Å²) < 4.78 is 25.3. The molecule has 0 radical (unpaired) electrons. The Morgan fingerprint density at radius 1 is 1.25 bits per heavy atom. The predicted octanol–water partition coefficient (Wildman–Crippen LogP) is 2.63. The molecule has 0 bridgehead atoms. The van der Waals surface area contributed by atoms with Gasteiger partial charge in [0.1, 0.15) is 5.65 Å². The van der Waals surface area contributed by atoms with Crippen molar-refractivity contribution in [2.75, 3.05) is 5.73 Å². The molecule has 0 amide bonds. The van der Waals surface area contributed by atoms with Crippen LogP contribution in [0.15, 0.2) is 52.5 Å². The van der Waals surface area contributed by atoms with E-state index in [9.17, 15) is 8.42 Å².